The van der Waals surface area contributed by atoms with Gasteiger partial charge in [-0.3, -0.25) is 9.59 Å². The maximum atomic E-state index is 12.4. The van der Waals surface area contributed by atoms with Gasteiger partial charge in [-0.1, -0.05) is 6.07 Å². The van der Waals surface area contributed by atoms with Crippen molar-refractivity contribution in [3.8, 4) is 11.5 Å². The summed E-state index contributed by atoms with van der Waals surface area (Å²) in [5, 5.41) is 9.14. The van der Waals surface area contributed by atoms with Crippen molar-refractivity contribution in [1.29, 1.82) is 0 Å². The summed E-state index contributed by atoms with van der Waals surface area (Å²) in [6, 6.07) is 5.70. The first-order valence-corrected chi connectivity index (χ1v) is 8.70. The summed E-state index contributed by atoms with van der Waals surface area (Å²) < 4.78 is 10.5. The summed E-state index contributed by atoms with van der Waals surface area (Å²) in [6.45, 7) is 1.35. The van der Waals surface area contributed by atoms with Crippen molar-refractivity contribution in [2.75, 3.05) is 27.3 Å². The van der Waals surface area contributed by atoms with E-state index in [9.17, 15) is 9.59 Å². The second kappa shape index (κ2) is 6.94. The molecule has 1 aromatic rings. The number of benzene rings is 1. The number of carbonyl (C=O) groups is 2. The predicted molar refractivity (Wildman–Crippen MR) is 91.9 cm³/mol. The second-order valence-electron chi connectivity index (χ2n) is 7.03. The van der Waals surface area contributed by atoms with Crippen LogP contribution in [0.25, 0.3) is 0 Å². The number of methoxy groups -OCH3 is 2. The van der Waals surface area contributed by atoms with Crippen LogP contribution in [0.1, 0.15) is 31.2 Å². The smallest absolute Gasteiger partial charge is 0.307 e. The van der Waals surface area contributed by atoms with E-state index < -0.39 is 5.97 Å². The van der Waals surface area contributed by atoms with E-state index in [4.69, 9.17) is 14.6 Å². The molecular weight excluding hydrogens is 322 g/mol. The van der Waals surface area contributed by atoms with Gasteiger partial charge in [0.15, 0.2) is 11.5 Å². The maximum Gasteiger partial charge on any atom is 0.307 e. The Kier molecular flexibility index (Phi) is 4.88. The number of nitrogens with zero attached hydrogens (tertiary/aromatic N) is 1. The Labute approximate surface area is 147 Å². The average molecular weight is 347 g/mol. The average Bonchev–Trinajstić information content (AvgIpc) is 3.33. The molecule has 1 N–H and O–H groups in total. The van der Waals surface area contributed by atoms with Crippen LogP contribution in [0, 0.1) is 11.3 Å². The molecule has 1 aliphatic heterocycles. The molecule has 6 heteroatoms. The van der Waals surface area contributed by atoms with E-state index in [1.807, 2.05) is 23.1 Å². The Morgan fingerprint density at radius 2 is 1.88 bits per heavy atom. The molecule has 2 fully saturated rings. The summed E-state index contributed by atoms with van der Waals surface area (Å²) in [5.41, 5.74) is 0.999. The SMILES string of the molecule is COc1ccc(CCC(=O)N2CCC3(CC2)CC3C(=O)O)cc1OC. The van der Waals surface area contributed by atoms with E-state index in [-0.39, 0.29) is 17.2 Å². The number of piperidine rings is 1. The molecular formula is C19H25NO5. The monoisotopic (exact) mass is 347 g/mol. The van der Waals surface area contributed by atoms with Gasteiger partial charge >= 0.3 is 5.97 Å². The Bertz CT molecular complexity index is 664. The van der Waals surface area contributed by atoms with Crippen LogP contribution >= 0.6 is 0 Å². The highest BCUT2D eigenvalue weighted by Gasteiger charge is 2.59. The minimum atomic E-state index is -0.687. The fourth-order valence-corrected chi connectivity index (χ4v) is 3.90. The van der Waals surface area contributed by atoms with E-state index in [2.05, 4.69) is 0 Å². The van der Waals surface area contributed by atoms with Gasteiger partial charge < -0.3 is 19.5 Å². The van der Waals surface area contributed by atoms with Crippen LogP contribution in [0.15, 0.2) is 18.2 Å². The highest BCUT2D eigenvalue weighted by Crippen LogP contribution is 2.59. The summed E-state index contributed by atoms with van der Waals surface area (Å²) in [7, 11) is 3.19. The number of likely N-dealkylation sites (tertiary alicyclic amines) is 1. The van der Waals surface area contributed by atoms with Crippen molar-refractivity contribution < 1.29 is 24.2 Å². The number of carboxylic acid groups (broad SMARTS) is 1. The van der Waals surface area contributed by atoms with Gasteiger partial charge in [0.1, 0.15) is 0 Å². The molecule has 1 saturated carbocycles. The molecule has 136 valence electrons. The Morgan fingerprint density at radius 1 is 1.20 bits per heavy atom. The number of aliphatic carboxylic acids is 1. The molecule has 2 aliphatic rings. The molecule has 1 aromatic carbocycles. The molecule has 1 spiro atoms. The van der Waals surface area contributed by atoms with Crippen LogP contribution in [-0.4, -0.2) is 49.2 Å². The predicted octanol–water partition coefficient (Wildman–Crippen LogP) is 2.35. The van der Waals surface area contributed by atoms with E-state index in [1.165, 1.54) is 0 Å². The molecule has 0 aromatic heterocycles. The molecule has 1 heterocycles. The number of amides is 1. The fourth-order valence-electron chi connectivity index (χ4n) is 3.90. The highest BCUT2D eigenvalue weighted by atomic mass is 16.5. The van der Waals surface area contributed by atoms with Crippen LogP contribution in [0.2, 0.25) is 0 Å². The van der Waals surface area contributed by atoms with Gasteiger partial charge in [-0.15, -0.1) is 0 Å². The fraction of sp³-hybridized carbons (Fsp3) is 0.579. The summed E-state index contributed by atoms with van der Waals surface area (Å²) in [6.07, 6.45) is 3.50. The zero-order chi connectivity index (χ0) is 18.0. The second-order valence-corrected chi connectivity index (χ2v) is 7.03. The number of carbonyl (C=O) groups excluding carboxylic acids is 1. The van der Waals surface area contributed by atoms with Crippen LogP contribution in [-0.2, 0) is 16.0 Å². The minimum Gasteiger partial charge on any atom is -0.493 e. The molecule has 0 radical (unpaired) electrons. The topological polar surface area (TPSA) is 76.1 Å². The molecule has 25 heavy (non-hydrogen) atoms. The van der Waals surface area contributed by atoms with Gasteiger partial charge in [-0.2, -0.15) is 0 Å². The van der Waals surface area contributed by atoms with Gasteiger partial charge in [0, 0.05) is 19.5 Å². The van der Waals surface area contributed by atoms with Crippen molar-refractivity contribution in [2.45, 2.75) is 32.1 Å². The zero-order valence-electron chi connectivity index (χ0n) is 14.8. The first-order valence-electron chi connectivity index (χ1n) is 8.70. The van der Waals surface area contributed by atoms with E-state index >= 15 is 0 Å². The molecule has 6 nitrogen and oxygen atoms in total. The van der Waals surface area contributed by atoms with E-state index in [0.29, 0.717) is 37.4 Å². The third-order valence-corrected chi connectivity index (χ3v) is 5.68. The zero-order valence-corrected chi connectivity index (χ0v) is 14.8. The Hall–Kier alpha value is -2.24. The lowest BCUT2D eigenvalue weighted by Gasteiger charge is -2.32. The van der Waals surface area contributed by atoms with Crippen LogP contribution in [0.3, 0.4) is 0 Å². The van der Waals surface area contributed by atoms with E-state index in [0.717, 1.165) is 24.8 Å². The van der Waals surface area contributed by atoms with Crippen molar-refractivity contribution in [3.63, 3.8) is 0 Å². The normalized spacial score (nSPS) is 21.0. The van der Waals surface area contributed by atoms with Crippen LogP contribution < -0.4 is 9.47 Å². The van der Waals surface area contributed by atoms with Gasteiger partial charge in [-0.05, 0) is 48.8 Å². The number of hydrogen-bond acceptors (Lipinski definition) is 4. The summed E-state index contributed by atoms with van der Waals surface area (Å²) >= 11 is 0. The lowest BCUT2D eigenvalue weighted by Crippen LogP contribution is -2.40. The number of carboxylic acids is 1. The minimum absolute atomic E-state index is 0.0358. The van der Waals surface area contributed by atoms with Gasteiger partial charge in [0.05, 0.1) is 20.1 Å². The van der Waals surface area contributed by atoms with Crippen LogP contribution in [0.4, 0.5) is 0 Å². The quantitative estimate of drug-likeness (QED) is 0.855. The van der Waals surface area contributed by atoms with Crippen molar-refractivity contribution in [1.82, 2.24) is 4.90 Å². The third kappa shape index (κ3) is 3.57. The largest absolute Gasteiger partial charge is 0.493 e. The van der Waals surface area contributed by atoms with Crippen LogP contribution in [0.5, 0.6) is 11.5 Å². The number of rotatable bonds is 6. The lowest BCUT2D eigenvalue weighted by molar-refractivity contribution is -0.139. The highest BCUT2D eigenvalue weighted by molar-refractivity contribution is 5.77. The first kappa shape index (κ1) is 17.6. The number of hydrogen-bond donors (Lipinski definition) is 1. The van der Waals surface area contributed by atoms with Crippen molar-refractivity contribution in [3.05, 3.63) is 23.8 Å². The summed E-state index contributed by atoms with van der Waals surface area (Å²) in [5.74, 6) is 0.596. The van der Waals surface area contributed by atoms with Gasteiger partial charge in [-0.25, -0.2) is 0 Å². The Balaban J connectivity index is 1.50. The third-order valence-electron chi connectivity index (χ3n) is 5.68. The summed E-state index contributed by atoms with van der Waals surface area (Å²) in [4.78, 5) is 25.4. The molecule has 1 saturated heterocycles. The van der Waals surface area contributed by atoms with Gasteiger partial charge in [0.25, 0.3) is 0 Å². The number of ether oxygens (including phenoxy) is 2. The van der Waals surface area contributed by atoms with Gasteiger partial charge in [0.2, 0.25) is 5.91 Å². The van der Waals surface area contributed by atoms with E-state index in [1.54, 1.807) is 14.2 Å². The first-order chi connectivity index (χ1) is 12.0. The lowest BCUT2D eigenvalue weighted by atomic mass is 9.90. The standard InChI is InChI=1S/C19H25NO5/c1-24-15-5-3-13(11-16(15)25-2)4-6-17(21)20-9-7-19(8-10-20)12-14(19)18(22)23/h3,5,11,14H,4,6-10,12H2,1-2H3,(H,22,23). The molecule has 1 aliphatic carbocycles. The molecule has 1 unspecified atom stereocenters. The maximum absolute atomic E-state index is 12.4. The molecule has 0 bridgehead atoms. The molecule has 1 atom stereocenters. The Morgan fingerprint density at radius 3 is 2.44 bits per heavy atom. The van der Waals surface area contributed by atoms with Crippen molar-refractivity contribution >= 4 is 11.9 Å². The molecule has 3 rings (SSSR count). The number of aryl methyl sites for hydroxylation is 1. The van der Waals surface area contributed by atoms with Crippen molar-refractivity contribution in [2.24, 2.45) is 11.3 Å². The molecule has 1 amide bonds.